The Morgan fingerprint density at radius 2 is 1.86 bits per heavy atom. The van der Waals surface area contributed by atoms with Crippen LogP contribution in [-0.2, 0) is 14.3 Å². The van der Waals surface area contributed by atoms with Crippen LogP contribution in [-0.4, -0.2) is 72.8 Å². The number of morpholine rings is 1. The van der Waals surface area contributed by atoms with Gasteiger partial charge in [-0.25, -0.2) is 4.39 Å². The highest BCUT2D eigenvalue weighted by Gasteiger charge is 2.37. The van der Waals surface area contributed by atoms with Gasteiger partial charge >= 0.3 is 0 Å². The molecule has 0 bridgehead atoms. The molecule has 9 heteroatoms. The summed E-state index contributed by atoms with van der Waals surface area (Å²) in [6, 6.07) is 4.82. The third-order valence-corrected chi connectivity index (χ3v) is 6.15. The van der Waals surface area contributed by atoms with Gasteiger partial charge in [0.15, 0.2) is 0 Å². The van der Waals surface area contributed by atoms with Crippen molar-refractivity contribution in [3.05, 3.63) is 34.5 Å². The van der Waals surface area contributed by atoms with E-state index in [9.17, 15) is 18.8 Å². The number of imide groups is 1. The zero-order valence-corrected chi connectivity index (χ0v) is 16.8. The predicted octanol–water partition coefficient (Wildman–Crippen LogP) is 2.32. The molecule has 0 atom stereocenters. The Morgan fingerprint density at radius 1 is 1.14 bits per heavy atom. The van der Waals surface area contributed by atoms with E-state index in [1.807, 2.05) is 4.90 Å². The molecule has 0 unspecified atom stereocenters. The summed E-state index contributed by atoms with van der Waals surface area (Å²) >= 11 is 0.771. The summed E-state index contributed by atoms with van der Waals surface area (Å²) in [6.07, 6.45) is 3.61. The number of ether oxygens (including phenoxy) is 1. The first-order valence-corrected chi connectivity index (χ1v) is 10.5. The smallest absolute Gasteiger partial charge is 0.294 e. The Kier molecular flexibility index (Phi) is 5.86. The van der Waals surface area contributed by atoms with E-state index in [0.717, 1.165) is 42.6 Å². The number of anilines is 1. The quantitative estimate of drug-likeness (QED) is 0.698. The van der Waals surface area contributed by atoms with E-state index in [1.54, 1.807) is 17.0 Å². The molecule has 1 aromatic carbocycles. The van der Waals surface area contributed by atoms with Gasteiger partial charge in [0.05, 0.1) is 23.8 Å². The van der Waals surface area contributed by atoms with Crippen molar-refractivity contribution in [2.24, 2.45) is 0 Å². The van der Waals surface area contributed by atoms with Crippen molar-refractivity contribution >= 4 is 40.6 Å². The highest BCUT2D eigenvalue weighted by atomic mass is 32.2. The number of amides is 3. The lowest BCUT2D eigenvalue weighted by Crippen LogP contribution is -2.46. The van der Waals surface area contributed by atoms with Gasteiger partial charge in [0.1, 0.15) is 12.4 Å². The van der Waals surface area contributed by atoms with Crippen LogP contribution in [0.25, 0.3) is 6.08 Å². The average Bonchev–Trinajstić information content (AvgIpc) is 3.33. The molecular formula is C20H22FN3O4S. The molecule has 154 valence electrons. The van der Waals surface area contributed by atoms with E-state index in [2.05, 4.69) is 0 Å². The first-order valence-electron chi connectivity index (χ1n) is 9.68. The molecule has 0 aromatic heterocycles. The predicted molar refractivity (Wildman–Crippen MR) is 108 cm³/mol. The van der Waals surface area contributed by atoms with Crippen LogP contribution in [0.5, 0.6) is 0 Å². The molecule has 0 N–H and O–H groups in total. The van der Waals surface area contributed by atoms with Crippen LogP contribution in [0.1, 0.15) is 18.4 Å². The molecule has 3 aliphatic heterocycles. The van der Waals surface area contributed by atoms with E-state index in [0.29, 0.717) is 37.6 Å². The summed E-state index contributed by atoms with van der Waals surface area (Å²) in [5.74, 6) is -1.15. The Hall–Kier alpha value is -2.39. The molecule has 3 fully saturated rings. The molecule has 3 saturated heterocycles. The molecular weight excluding hydrogens is 397 g/mol. The Balaban J connectivity index is 1.45. The van der Waals surface area contributed by atoms with Gasteiger partial charge in [0.25, 0.3) is 11.1 Å². The summed E-state index contributed by atoms with van der Waals surface area (Å²) in [6.45, 7) is 3.20. The summed E-state index contributed by atoms with van der Waals surface area (Å²) in [4.78, 5) is 42.0. The van der Waals surface area contributed by atoms with Crippen molar-refractivity contribution < 1.29 is 23.5 Å². The summed E-state index contributed by atoms with van der Waals surface area (Å²) in [5, 5.41) is -0.489. The lowest BCUT2D eigenvalue weighted by Gasteiger charge is -2.28. The van der Waals surface area contributed by atoms with Crippen molar-refractivity contribution in [2.75, 3.05) is 50.8 Å². The second kappa shape index (κ2) is 8.54. The first kappa shape index (κ1) is 19.9. The molecule has 1 aromatic rings. The van der Waals surface area contributed by atoms with Crippen LogP contribution in [0.3, 0.4) is 0 Å². The highest BCUT2D eigenvalue weighted by Crippen LogP contribution is 2.33. The molecule has 4 rings (SSSR count). The topological polar surface area (TPSA) is 70.2 Å². The third kappa shape index (κ3) is 4.30. The molecule has 3 aliphatic rings. The van der Waals surface area contributed by atoms with Crippen molar-refractivity contribution in [1.29, 1.82) is 0 Å². The van der Waals surface area contributed by atoms with Crippen LogP contribution in [0.4, 0.5) is 14.9 Å². The minimum absolute atomic E-state index is 0.193. The number of carbonyl (C=O) groups is 3. The molecule has 29 heavy (non-hydrogen) atoms. The van der Waals surface area contributed by atoms with Gasteiger partial charge < -0.3 is 14.5 Å². The van der Waals surface area contributed by atoms with E-state index in [-0.39, 0.29) is 23.2 Å². The molecule has 3 heterocycles. The van der Waals surface area contributed by atoms with E-state index in [4.69, 9.17) is 4.74 Å². The normalized spacial score (nSPS) is 21.6. The van der Waals surface area contributed by atoms with E-state index < -0.39 is 11.1 Å². The second-order valence-corrected chi connectivity index (χ2v) is 8.16. The molecule has 3 amide bonds. The maximum absolute atomic E-state index is 14.5. The highest BCUT2D eigenvalue weighted by molar-refractivity contribution is 8.18. The zero-order valence-electron chi connectivity index (χ0n) is 15.9. The third-order valence-electron chi connectivity index (χ3n) is 5.25. The van der Waals surface area contributed by atoms with Crippen molar-refractivity contribution in [3.8, 4) is 0 Å². The summed E-state index contributed by atoms with van der Waals surface area (Å²) in [7, 11) is 0. The molecule has 0 saturated carbocycles. The van der Waals surface area contributed by atoms with Gasteiger partial charge in [-0.15, -0.1) is 0 Å². The maximum Gasteiger partial charge on any atom is 0.294 e. The van der Waals surface area contributed by atoms with E-state index in [1.165, 1.54) is 12.1 Å². The molecule has 7 nitrogen and oxygen atoms in total. The van der Waals surface area contributed by atoms with Gasteiger partial charge in [-0.05, 0) is 48.4 Å². The number of halogens is 1. The number of carbonyl (C=O) groups excluding carboxylic acids is 3. The molecule has 0 radical (unpaired) electrons. The van der Waals surface area contributed by atoms with Crippen LogP contribution in [0.2, 0.25) is 0 Å². The monoisotopic (exact) mass is 419 g/mol. The number of hydrogen-bond acceptors (Lipinski definition) is 6. The van der Waals surface area contributed by atoms with Gasteiger partial charge in [0, 0.05) is 26.2 Å². The number of hydrogen-bond donors (Lipinski definition) is 0. The Bertz CT molecular complexity index is 863. The summed E-state index contributed by atoms with van der Waals surface area (Å²) < 4.78 is 19.7. The number of thioether (sulfide) groups is 1. The lowest BCUT2D eigenvalue weighted by molar-refractivity contribution is -0.139. The Morgan fingerprint density at radius 3 is 2.55 bits per heavy atom. The first-order chi connectivity index (χ1) is 14.0. The van der Waals surface area contributed by atoms with Gasteiger partial charge in [0.2, 0.25) is 5.91 Å². The molecule has 0 aliphatic carbocycles. The standard InChI is InChI=1S/C20H22FN3O4S/c21-15-11-14(3-4-16(15)22-5-1-2-6-22)12-17-19(26)24(20(27)29-17)13-18(25)23-7-9-28-10-8-23/h3-4,11-12H,1-2,5-10,13H2. The minimum Gasteiger partial charge on any atom is -0.378 e. The fourth-order valence-electron chi connectivity index (χ4n) is 3.66. The summed E-state index contributed by atoms with van der Waals surface area (Å²) in [5.41, 5.74) is 1.07. The molecule has 0 spiro atoms. The number of nitrogens with zero attached hydrogens (tertiary/aromatic N) is 3. The van der Waals surface area contributed by atoms with Crippen LogP contribution >= 0.6 is 11.8 Å². The maximum atomic E-state index is 14.5. The van der Waals surface area contributed by atoms with Crippen molar-refractivity contribution in [2.45, 2.75) is 12.8 Å². The second-order valence-electron chi connectivity index (χ2n) is 7.17. The van der Waals surface area contributed by atoms with Crippen molar-refractivity contribution in [1.82, 2.24) is 9.80 Å². The zero-order chi connectivity index (χ0) is 20.4. The van der Waals surface area contributed by atoms with Crippen LogP contribution in [0.15, 0.2) is 23.1 Å². The fraction of sp³-hybridized carbons (Fsp3) is 0.450. The van der Waals surface area contributed by atoms with E-state index >= 15 is 0 Å². The lowest BCUT2D eigenvalue weighted by atomic mass is 10.1. The van der Waals surface area contributed by atoms with Gasteiger partial charge in [-0.3, -0.25) is 19.3 Å². The fourth-order valence-corrected chi connectivity index (χ4v) is 4.50. The minimum atomic E-state index is -0.523. The average molecular weight is 419 g/mol. The van der Waals surface area contributed by atoms with Gasteiger partial charge in [-0.1, -0.05) is 6.07 Å². The number of benzene rings is 1. The van der Waals surface area contributed by atoms with Gasteiger partial charge in [-0.2, -0.15) is 0 Å². The van der Waals surface area contributed by atoms with Crippen LogP contribution < -0.4 is 4.90 Å². The largest absolute Gasteiger partial charge is 0.378 e. The van der Waals surface area contributed by atoms with Crippen molar-refractivity contribution in [3.63, 3.8) is 0 Å². The number of rotatable bonds is 4. The Labute approximate surface area is 172 Å². The van der Waals surface area contributed by atoms with Crippen LogP contribution in [0, 0.1) is 5.82 Å². The SMILES string of the molecule is O=C(CN1C(=O)SC(=Cc2ccc(N3CCCC3)c(F)c2)C1=O)N1CCOCC1.